The highest BCUT2D eigenvalue weighted by Crippen LogP contribution is 2.46. The summed E-state index contributed by atoms with van der Waals surface area (Å²) in [5, 5.41) is 24.1. The van der Waals surface area contributed by atoms with Gasteiger partial charge in [-0.2, -0.15) is 0 Å². The van der Waals surface area contributed by atoms with E-state index in [4.69, 9.17) is 10.5 Å². The van der Waals surface area contributed by atoms with Gasteiger partial charge in [0.05, 0.1) is 15.7 Å². The van der Waals surface area contributed by atoms with E-state index in [9.17, 15) is 10.2 Å². The van der Waals surface area contributed by atoms with Crippen LogP contribution in [-0.2, 0) is 11.2 Å². The fraction of sp³-hybridized carbons (Fsp3) is 0.400. The van der Waals surface area contributed by atoms with Gasteiger partial charge < -0.3 is 30.2 Å². The van der Waals surface area contributed by atoms with Gasteiger partial charge in [-0.05, 0) is 66.5 Å². The van der Waals surface area contributed by atoms with Gasteiger partial charge in [-0.1, -0.05) is 12.1 Å². The number of anilines is 1. The Morgan fingerprint density at radius 1 is 1.23 bits per heavy atom. The lowest BCUT2D eigenvalue weighted by Crippen LogP contribution is -2.44. The van der Waals surface area contributed by atoms with Gasteiger partial charge in [0.25, 0.3) is 0 Å². The third kappa shape index (κ3) is 3.63. The lowest BCUT2D eigenvalue weighted by Gasteiger charge is -2.26. The highest BCUT2D eigenvalue weighted by Gasteiger charge is 2.59. The Hall–Kier alpha value is -2.63. The number of nitrogen functional groups attached to an aromatic ring is 1. The molecular weight excluding hydrogens is 512 g/mol. The van der Waals surface area contributed by atoms with E-state index in [1.165, 1.54) is 6.33 Å². The number of rotatable bonds is 3. The third-order valence-corrected chi connectivity index (χ3v) is 8.18. The maximum atomic E-state index is 11.2. The van der Waals surface area contributed by atoms with Crippen molar-refractivity contribution in [2.75, 3.05) is 19.3 Å². The Labute approximate surface area is 210 Å². The van der Waals surface area contributed by atoms with Crippen LogP contribution >= 0.6 is 15.9 Å². The first-order chi connectivity index (χ1) is 16.8. The fourth-order valence-electron chi connectivity index (χ4n) is 5.67. The summed E-state index contributed by atoms with van der Waals surface area (Å²) in [6, 6.07) is 10.2. The predicted molar refractivity (Wildman–Crippen MR) is 136 cm³/mol. The molecule has 2 aliphatic heterocycles. The minimum atomic E-state index is -1.07. The quantitative estimate of drug-likeness (QED) is 0.363. The van der Waals surface area contributed by atoms with Crippen molar-refractivity contribution in [1.82, 2.24) is 24.4 Å². The average Bonchev–Trinajstić information content (AvgIpc) is 3.46. The zero-order chi connectivity index (χ0) is 24.5. The standard InChI is InChI=1S/C25H27BrN6O3/c1-13-17-5-6-32(23(17)29-12-28-13)24-20(33)21(34)25(35-24)10-16(31(2)11-25)7-14-3-4-15-9-18(26)22(27)30-19(15)8-14/h3-6,8-9,12,16,20-21,24,33-34H,7,10-11H2,1-2H3,(H2,27,30). The van der Waals surface area contributed by atoms with Gasteiger partial charge in [-0.3, -0.25) is 0 Å². The molecule has 10 heteroatoms. The Balaban J connectivity index is 1.26. The molecule has 0 saturated carbocycles. The van der Waals surface area contributed by atoms with Gasteiger partial charge in [0.15, 0.2) is 6.23 Å². The lowest BCUT2D eigenvalue weighted by atomic mass is 9.90. The van der Waals surface area contributed by atoms with Crippen molar-refractivity contribution in [3.63, 3.8) is 0 Å². The maximum absolute atomic E-state index is 11.2. The number of aliphatic hydroxyl groups is 2. The van der Waals surface area contributed by atoms with E-state index in [0.29, 0.717) is 24.4 Å². The molecule has 0 amide bonds. The van der Waals surface area contributed by atoms with Crippen molar-refractivity contribution in [3.8, 4) is 0 Å². The molecule has 9 nitrogen and oxygen atoms in total. The van der Waals surface area contributed by atoms with E-state index >= 15 is 0 Å². The normalized spacial score (nSPS) is 29.2. The molecule has 0 aliphatic carbocycles. The summed E-state index contributed by atoms with van der Waals surface area (Å²) in [5.41, 5.74) is 8.64. The number of benzene rings is 1. The summed E-state index contributed by atoms with van der Waals surface area (Å²) >= 11 is 3.43. The molecule has 2 saturated heterocycles. The van der Waals surface area contributed by atoms with Gasteiger partial charge in [0.1, 0.15) is 35.6 Å². The van der Waals surface area contributed by atoms with E-state index in [0.717, 1.165) is 38.4 Å². The Morgan fingerprint density at radius 2 is 2.06 bits per heavy atom. The van der Waals surface area contributed by atoms with Gasteiger partial charge in [0, 0.05) is 29.6 Å². The van der Waals surface area contributed by atoms with Crippen LogP contribution in [0.15, 0.2) is 47.3 Å². The zero-order valence-electron chi connectivity index (χ0n) is 19.5. The first-order valence-corrected chi connectivity index (χ1v) is 12.4. The van der Waals surface area contributed by atoms with Crippen LogP contribution in [0.25, 0.3) is 21.9 Å². The molecule has 0 bridgehead atoms. The van der Waals surface area contributed by atoms with Crippen LogP contribution < -0.4 is 5.73 Å². The molecule has 4 aromatic rings. The van der Waals surface area contributed by atoms with Gasteiger partial charge in [0.2, 0.25) is 0 Å². The number of hydrogen-bond donors (Lipinski definition) is 3. The number of likely N-dealkylation sites (tertiary alicyclic amines) is 1. The molecule has 3 aromatic heterocycles. The first kappa shape index (κ1) is 22.8. The molecule has 35 heavy (non-hydrogen) atoms. The second kappa shape index (κ2) is 8.21. The summed E-state index contributed by atoms with van der Waals surface area (Å²) in [4.78, 5) is 15.3. The summed E-state index contributed by atoms with van der Waals surface area (Å²) in [6.07, 6.45) is 1.89. The number of aromatic nitrogens is 4. The topological polar surface area (TPSA) is 123 Å². The molecular formula is C25H27BrN6O3. The number of aryl methyl sites for hydroxylation is 1. The summed E-state index contributed by atoms with van der Waals surface area (Å²) in [7, 11) is 2.03. The number of hydrogen-bond acceptors (Lipinski definition) is 8. The highest BCUT2D eigenvalue weighted by molar-refractivity contribution is 9.10. The minimum absolute atomic E-state index is 0.131. The zero-order valence-corrected chi connectivity index (χ0v) is 21.1. The van der Waals surface area contributed by atoms with Crippen molar-refractivity contribution in [3.05, 3.63) is 58.6 Å². The van der Waals surface area contributed by atoms with E-state index in [2.05, 4.69) is 47.9 Å². The van der Waals surface area contributed by atoms with Crippen LogP contribution in [0.5, 0.6) is 0 Å². The predicted octanol–water partition coefficient (Wildman–Crippen LogP) is 2.57. The molecule has 2 aliphatic rings. The lowest BCUT2D eigenvalue weighted by molar-refractivity contribution is -0.0944. The fourth-order valence-corrected chi connectivity index (χ4v) is 6.01. The van der Waals surface area contributed by atoms with Crippen LogP contribution in [0.1, 0.15) is 23.9 Å². The van der Waals surface area contributed by atoms with Gasteiger partial charge in [-0.25, -0.2) is 15.0 Å². The molecule has 182 valence electrons. The second-order valence-corrected chi connectivity index (χ2v) is 10.6. The van der Waals surface area contributed by atoms with Crippen molar-refractivity contribution in [2.24, 2.45) is 0 Å². The number of pyridine rings is 1. The number of nitrogens with two attached hydrogens (primary N) is 1. The Kier molecular flexibility index (Phi) is 5.35. The molecule has 5 unspecified atom stereocenters. The van der Waals surface area contributed by atoms with Crippen LogP contribution in [0, 0.1) is 6.92 Å². The molecule has 1 aromatic carbocycles. The summed E-state index contributed by atoms with van der Waals surface area (Å²) < 4.78 is 9.08. The van der Waals surface area contributed by atoms with Gasteiger partial charge in [-0.15, -0.1) is 0 Å². The van der Waals surface area contributed by atoms with Crippen molar-refractivity contribution < 1.29 is 14.9 Å². The van der Waals surface area contributed by atoms with Crippen LogP contribution in [0.4, 0.5) is 5.82 Å². The first-order valence-electron chi connectivity index (χ1n) is 11.6. The number of ether oxygens (including phenoxy) is 1. The van der Waals surface area contributed by atoms with E-state index in [1.807, 2.05) is 38.4 Å². The molecule has 4 N–H and O–H groups in total. The number of halogens is 1. The Morgan fingerprint density at radius 3 is 2.89 bits per heavy atom. The molecule has 0 radical (unpaired) electrons. The van der Waals surface area contributed by atoms with E-state index in [-0.39, 0.29) is 6.04 Å². The largest absolute Gasteiger partial charge is 0.387 e. The molecule has 5 atom stereocenters. The van der Waals surface area contributed by atoms with Crippen LogP contribution in [0.3, 0.4) is 0 Å². The smallest absolute Gasteiger partial charge is 0.164 e. The number of likely N-dealkylation sites (N-methyl/N-ethyl adjacent to an activating group) is 1. The van der Waals surface area contributed by atoms with Crippen molar-refractivity contribution in [2.45, 2.75) is 49.8 Å². The van der Waals surface area contributed by atoms with Crippen molar-refractivity contribution >= 4 is 43.7 Å². The summed E-state index contributed by atoms with van der Waals surface area (Å²) in [6.45, 7) is 2.44. The monoisotopic (exact) mass is 538 g/mol. The SMILES string of the molecule is Cc1ncnc2c1ccn2C1OC2(CC(Cc3ccc4cc(Br)c(N)nc4c3)N(C)C2)C(O)C1O. The summed E-state index contributed by atoms with van der Waals surface area (Å²) in [5.74, 6) is 0.465. The minimum Gasteiger partial charge on any atom is -0.387 e. The molecule has 6 rings (SSSR count). The molecule has 2 fully saturated rings. The Bertz CT molecular complexity index is 1440. The molecule has 1 spiro atoms. The highest BCUT2D eigenvalue weighted by atomic mass is 79.9. The van der Waals surface area contributed by atoms with E-state index < -0.39 is 24.0 Å². The average molecular weight is 539 g/mol. The van der Waals surface area contributed by atoms with Crippen molar-refractivity contribution in [1.29, 1.82) is 0 Å². The number of fused-ring (bicyclic) bond motifs is 2. The van der Waals surface area contributed by atoms with Gasteiger partial charge >= 0.3 is 0 Å². The maximum Gasteiger partial charge on any atom is 0.164 e. The van der Waals surface area contributed by atoms with Crippen LogP contribution in [0.2, 0.25) is 0 Å². The van der Waals surface area contributed by atoms with E-state index in [1.54, 1.807) is 4.57 Å². The third-order valence-electron chi connectivity index (χ3n) is 7.55. The second-order valence-electron chi connectivity index (χ2n) is 9.79. The molecule has 5 heterocycles. The number of aliphatic hydroxyl groups excluding tert-OH is 2. The van der Waals surface area contributed by atoms with Crippen LogP contribution in [-0.4, -0.2) is 72.1 Å². The number of nitrogens with zero attached hydrogens (tertiary/aromatic N) is 5.